The summed E-state index contributed by atoms with van der Waals surface area (Å²) in [6, 6.07) is 4.36. The van der Waals surface area contributed by atoms with Gasteiger partial charge in [-0.2, -0.15) is 0 Å². The zero-order valence-electron chi connectivity index (χ0n) is 15.0. The number of aliphatic carboxylic acids is 1. The van der Waals surface area contributed by atoms with E-state index in [4.69, 9.17) is 5.11 Å². The molecule has 8 nitrogen and oxygen atoms in total. The first kappa shape index (κ1) is 21.6. The van der Waals surface area contributed by atoms with Gasteiger partial charge in [0.2, 0.25) is 5.91 Å². The maximum Gasteiger partial charge on any atom is 0.326 e. The second-order valence-electron chi connectivity index (χ2n) is 6.20. The Morgan fingerprint density at radius 1 is 1.12 bits per heavy atom. The molecule has 0 aliphatic rings. The van der Waals surface area contributed by atoms with Crippen LogP contribution in [0.4, 0.5) is 0 Å². The van der Waals surface area contributed by atoms with Gasteiger partial charge in [-0.1, -0.05) is 20.8 Å². The molecule has 1 atom stereocenters. The summed E-state index contributed by atoms with van der Waals surface area (Å²) in [6.45, 7) is 4.83. The average molecular weight is 384 g/mol. The molecule has 9 heteroatoms. The van der Waals surface area contributed by atoms with E-state index in [2.05, 4.69) is 10.6 Å². The summed E-state index contributed by atoms with van der Waals surface area (Å²) < 4.78 is 23.5. The predicted molar refractivity (Wildman–Crippen MR) is 95.5 cm³/mol. The molecular formula is C17H24N2O6S. The van der Waals surface area contributed by atoms with E-state index in [1.165, 1.54) is 31.2 Å². The lowest BCUT2D eigenvalue weighted by Crippen LogP contribution is -2.46. The lowest BCUT2D eigenvalue weighted by atomic mass is 10.0. The summed E-state index contributed by atoms with van der Waals surface area (Å²) >= 11 is 0. The smallest absolute Gasteiger partial charge is 0.326 e. The van der Waals surface area contributed by atoms with Gasteiger partial charge in [-0.25, -0.2) is 13.2 Å². The minimum Gasteiger partial charge on any atom is -0.480 e. The highest BCUT2D eigenvalue weighted by Crippen LogP contribution is 2.12. The molecule has 0 saturated carbocycles. The maximum absolute atomic E-state index is 12.0. The van der Waals surface area contributed by atoms with Crippen molar-refractivity contribution >= 4 is 27.6 Å². The second-order valence-corrected chi connectivity index (χ2v) is 8.48. The highest BCUT2D eigenvalue weighted by molar-refractivity contribution is 7.91. The van der Waals surface area contributed by atoms with Gasteiger partial charge in [0.15, 0.2) is 9.84 Å². The molecule has 0 aliphatic heterocycles. The number of hydrogen-bond donors (Lipinski definition) is 3. The van der Waals surface area contributed by atoms with Gasteiger partial charge in [-0.15, -0.1) is 0 Å². The van der Waals surface area contributed by atoms with Crippen molar-refractivity contribution in [3.05, 3.63) is 29.8 Å². The molecule has 1 aromatic rings. The molecule has 26 heavy (non-hydrogen) atoms. The molecule has 0 radical (unpaired) electrons. The van der Waals surface area contributed by atoms with Crippen LogP contribution in [0.1, 0.15) is 37.6 Å². The zero-order valence-corrected chi connectivity index (χ0v) is 15.8. The maximum atomic E-state index is 12.0. The summed E-state index contributed by atoms with van der Waals surface area (Å²) in [4.78, 5) is 35.1. The van der Waals surface area contributed by atoms with Crippen molar-refractivity contribution in [2.75, 3.05) is 12.3 Å². The van der Waals surface area contributed by atoms with Gasteiger partial charge in [0, 0.05) is 5.56 Å². The third kappa shape index (κ3) is 6.47. The topological polar surface area (TPSA) is 130 Å². The number of rotatable bonds is 9. The molecule has 1 rings (SSSR count). The Labute approximate surface area is 152 Å². The number of carboxylic acid groups (broad SMARTS) is 1. The number of amides is 2. The molecule has 0 fully saturated rings. The van der Waals surface area contributed by atoms with Crippen molar-refractivity contribution in [3.63, 3.8) is 0 Å². The Morgan fingerprint density at radius 2 is 1.69 bits per heavy atom. The Bertz CT molecular complexity index is 756. The number of sulfone groups is 1. The fourth-order valence-corrected chi connectivity index (χ4v) is 3.07. The van der Waals surface area contributed by atoms with Crippen molar-refractivity contribution in [2.45, 2.75) is 38.1 Å². The van der Waals surface area contributed by atoms with E-state index in [9.17, 15) is 22.8 Å². The van der Waals surface area contributed by atoms with E-state index in [1.807, 2.05) is 13.8 Å². The van der Waals surface area contributed by atoms with Crippen molar-refractivity contribution in [2.24, 2.45) is 5.92 Å². The van der Waals surface area contributed by atoms with Crippen LogP contribution in [-0.4, -0.2) is 49.6 Å². The van der Waals surface area contributed by atoms with E-state index < -0.39 is 33.7 Å². The summed E-state index contributed by atoms with van der Waals surface area (Å²) in [5.41, 5.74) is 0.199. The monoisotopic (exact) mass is 384 g/mol. The third-order valence-corrected chi connectivity index (χ3v) is 5.36. The number of hydrogen-bond acceptors (Lipinski definition) is 5. The molecule has 0 spiro atoms. The molecule has 0 saturated heterocycles. The molecule has 1 aromatic carbocycles. The average Bonchev–Trinajstić information content (AvgIpc) is 2.58. The molecule has 3 N–H and O–H groups in total. The standard InChI is InChI=1S/C17H24N2O6S/c1-4-26(24,25)13-7-5-12(6-8-13)16(21)18-10-15(20)19-14(17(22)23)9-11(2)3/h5-8,11,14H,4,9-10H2,1-3H3,(H,18,21)(H,19,20)(H,22,23)/t14-/m0/s1. The van der Waals surface area contributed by atoms with Gasteiger partial charge in [-0.3, -0.25) is 9.59 Å². The van der Waals surface area contributed by atoms with Crippen LogP contribution in [0.3, 0.4) is 0 Å². The van der Waals surface area contributed by atoms with Crippen LogP contribution in [0.5, 0.6) is 0 Å². The lowest BCUT2D eigenvalue weighted by Gasteiger charge is -2.16. The molecular weight excluding hydrogens is 360 g/mol. The first-order valence-electron chi connectivity index (χ1n) is 8.20. The Kier molecular flexibility index (Phi) is 7.76. The molecule has 0 aromatic heterocycles. The van der Waals surface area contributed by atoms with Crippen LogP contribution >= 0.6 is 0 Å². The predicted octanol–water partition coefficient (Wildman–Crippen LogP) is 0.826. The molecule has 0 bridgehead atoms. The van der Waals surface area contributed by atoms with Crippen molar-refractivity contribution in [1.29, 1.82) is 0 Å². The summed E-state index contributed by atoms with van der Waals surface area (Å²) in [5, 5.41) is 13.8. The number of carboxylic acids is 1. The fourth-order valence-electron chi connectivity index (χ4n) is 2.18. The Morgan fingerprint density at radius 3 is 2.15 bits per heavy atom. The summed E-state index contributed by atoms with van der Waals surface area (Å²) in [7, 11) is -3.35. The number of nitrogens with one attached hydrogen (secondary N) is 2. The van der Waals surface area contributed by atoms with Crippen molar-refractivity contribution < 1.29 is 27.9 Å². The van der Waals surface area contributed by atoms with E-state index in [-0.39, 0.29) is 35.1 Å². The van der Waals surface area contributed by atoms with E-state index in [0.717, 1.165) is 0 Å². The van der Waals surface area contributed by atoms with Crippen LogP contribution in [0, 0.1) is 5.92 Å². The van der Waals surface area contributed by atoms with Gasteiger partial charge in [-0.05, 0) is 36.6 Å². The van der Waals surface area contributed by atoms with E-state index in [0.29, 0.717) is 0 Å². The van der Waals surface area contributed by atoms with Crippen molar-refractivity contribution in [3.8, 4) is 0 Å². The minimum atomic E-state index is -3.35. The van der Waals surface area contributed by atoms with Gasteiger partial charge in [0.25, 0.3) is 5.91 Å². The summed E-state index contributed by atoms with van der Waals surface area (Å²) in [6.07, 6.45) is 0.280. The Balaban J connectivity index is 2.63. The number of carbonyl (C=O) groups excluding carboxylic acids is 2. The van der Waals surface area contributed by atoms with Gasteiger partial charge >= 0.3 is 5.97 Å². The summed E-state index contributed by atoms with van der Waals surface area (Å²) in [5.74, 6) is -2.26. The zero-order chi connectivity index (χ0) is 19.9. The second kappa shape index (κ2) is 9.33. The van der Waals surface area contributed by atoms with Gasteiger partial charge in [0.05, 0.1) is 17.2 Å². The number of carbonyl (C=O) groups is 3. The van der Waals surface area contributed by atoms with Crippen LogP contribution in [-0.2, 0) is 19.4 Å². The van der Waals surface area contributed by atoms with E-state index in [1.54, 1.807) is 0 Å². The molecule has 0 aliphatic carbocycles. The van der Waals surface area contributed by atoms with Gasteiger partial charge in [0.1, 0.15) is 6.04 Å². The molecule has 2 amide bonds. The van der Waals surface area contributed by atoms with Gasteiger partial charge < -0.3 is 15.7 Å². The first-order chi connectivity index (χ1) is 12.1. The molecule has 144 valence electrons. The van der Waals surface area contributed by atoms with E-state index >= 15 is 0 Å². The van der Waals surface area contributed by atoms with Crippen LogP contribution in [0.2, 0.25) is 0 Å². The lowest BCUT2D eigenvalue weighted by molar-refractivity contribution is -0.142. The first-order valence-corrected chi connectivity index (χ1v) is 9.85. The molecule has 0 unspecified atom stereocenters. The number of benzene rings is 1. The molecule has 0 heterocycles. The third-order valence-electron chi connectivity index (χ3n) is 3.61. The van der Waals surface area contributed by atoms with Crippen molar-refractivity contribution in [1.82, 2.24) is 10.6 Å². The fraction of sp³-hybridized carbons (Fsp3) is 0.471. The van der Waals surface area contributed by atoms with Crippen LogP contribution in [0.15, 0.2) is 29.2 Å². The normalized spacial score (nSPS) is 12.5. The highest BCUT2D eigenvalue weighted by atomic mass is 32.2. The van der Waals surface area contributed by atoms with Crippen LogP contribution < -0.4 is 10.6 Å². The largest absolute Gasteiger partial charge is 0.480 e. The quantitative estimate of drug-likeness (QED) is 0.578. The SMILES string of the molecule is CCS(=O)(=O)c1ccc(C(=O)NCC(=O)N[C@@H](CC(C)C)C(=O)O)cc1. The Hall–Kier alpha value is -2.42. The highest BCUT2D eigenvalue weighted by Gasteiger charge is 2.21. The minimum absolute atomic E-state index is 0.0418. The van der Waals surface area contributed by atoms with Crippen LogP contribution in [0.25, 0.3) is 0 Å².